The average molecular weight is 301 g/mol. The standard InChI is InChI=1S/C13H16FNO4S/c14-11-2-1-3-12(6-11)19-8-13(16)15-7-10-4-5-20(17,18)9-10/h1-3,6,10H,4-5,7-9H2,(H,15,16). The molecule has 1 fully saturated rings. The first kappa shape index (κ1) is 14.8. The van der Waals surface area contributed by atoms with Gasteiger partial charge in [-0.3, -0.25) is 4.79 Å². The summed E-state index contributed by atoms with van der Waals surface area (Å²) < 4.78 is 40.5. The van der Waals surface area contributed by atoms with Crippen molar-refractivity contribution in [3.8, 4) is 5.75 Å². The SMILES string of the molecule is O=C(COc1cccc(F)c1)NCC1CCS(=O)(=O)C1. The summed E-state index contributed by atoms with van der Waals surface area (Å²) >= 11 is 0. The van der Waals surface area contributed by atoms with E-state index in [4.69, 9.17) is 4.74 Å². The zero-order valence-corrected chi connectivity index (χ0v) is 11.7. The van der Waals surface area contributed by atoms with E-state index in [0.717, 1.165) is 0 Å². The first-order chi connectivity index (χ1) is 9.44. The molecule has 5 nitrogen and oxygen atoms in total. The van der Waals surface area contributed by atoms with Crippen LogP contribution >= 0.6 is 0 Å². The molecule has 0 bridgehead atoms. The number of carbonyl (C=O) groups excluding carboxylic acids is 1. The molecule has 0 radical (unpaired) electrons. The van der Waals surface area contributed by atoms with Crippen molar-refractivity contribution in [2.24, 2.45) is 5.92 Å². The maximum absolute atomic E-state index is 12.9. The minimum absolute atomic E-state index is 0.0295. The predicted molar refractivity (Wildman–Crippen MR) is 71.7 cm³/mol. The number of carbonyl (C=O) groups is 1. The number of rotatable bonds is 5. The smallest absolute Gasteiger partial charge is 0.257 e. The van der Waals surface area contributed by atoms with Crippen LogP contribution in [-0.4, -0.2) is 39.0 Å². The first-order valence-electron chi connectivity index (χ1n) is 6.30. The van der Waals surface area contributed by atoms with Crippen molar-refractivity contribution in [1.29, 1.82) is 0 Å². The molecule has 110 valence electrons. The zero-order chi connectivity index (χ0) is 14.6. The molecule has 0 aliphatic carbocycles. The Morgan fingerprint density at radius 1 is 1.45 bits per heavy atom. The number of ether oxygens (including phenoxy) is 1. The molecule has 1 aliphatic heterocycles. The Morgan fingerprint density at radius 2 is 2.25 bits per heavy atom. The highest BCUT2D eigenvalue weighted by Crippen LogP contribution is 2.17. The summed E-state index contributed by atoms with van der Waals surface area (Å²) in [4.78, 5) is 11.5. The van der Waals surface area contributed by atoms with Crippen molar-refractivity contribution in [1.82, 2.24) is 5.32 Å². The van der Waals surface area contributed by atoms with Crippen molar-refractivity contribution in [2.75, 3.05) is 24.7 Å². The number of hydrogen-bond acceptors (Lipinski definition) is 4. The second-order valence-electron chi connectivity index (χ2n) is 4.82. The molecule has 0 saturated carbocycles. The van der Waals surface area contributed by atoms with Crippen molar-refractivity contribution in [3.63, 3.8) is 0 Å². The summed E-state index contributed by atoms with van der Waals surface area (Å²) in [5.74, 6) is -0.218. The maximum atomic E-state index is 12.9. The number of sulfone groups is 1. The number of amides is 1. The summed E-state index contributed by atoms with van der Waals surface area (Å²) in [6, 6.07) is 5.52. The lowest BCUT2D eigenvalue weighted by atomic mass is 10.1. The van der Waals surface area contributed by atoms with Crippen LogP contribution in [0.3, 0.4) is 0 Å². The largest absolute Gasteiger partial charge is 0.484 e. The Hall–Kier alpha value is -1.63. The molecule has 0 spiro atoms. The van der Waals surface area contributed by atoms with Gasteiger partial charge in [-0.2, -0.15) is 0 Å². The van der Waals surface area contributed by atoms with Gasteiger partial charge in [0.2, 0.25) is 0 Å². The molecule has 1 aromatic rings. The quantitative estimate of drug-likeness (QED) is 0.871. The molecule has 1 aliphatic rings. The van der Waals surface area contributed by atoms with Crippen LogP contribution < -0.4 is 10.1 Å². The fraction of sp³-hybridized carbons (Fsp3) is 0.462. The minimum Gasteiger partial charge on any atom is -0.484 e. The summed E-state index contributed by atoms with van der Waals surface area (Å²) in [5.41, 5.74) is 0. The monoisotopic (exact) mass is 301 g/mol. The van der Waals surface area contributed by atoms with Gasteiger partial charge in [-0.15, -0.1) is 0 Å². The third kappa shape index (κ3) is 4.48. The van der Waals surface area contributed by atoms with E-state index in [1.165, 1.54) is 18.2 Å². The summed E-state index contributed by atoms with van der Waals surface area (Å²) in [5, 5.41) is 2.63. The summed E-state index contributed by atoms with van der Waals surface area (Å²) in [6.07, 6.45) is 0.577. The fourth-order valence-electron chi connectivity index (χ4n) is 2.05. The van der Waals surface area contributed by atoms with Gasteiger partial charge in [0.05, 0.1) is 11.5 Å². The van der Waals surface area contributed by atoms with Crippen LogP contribution in [0.4, 0.5) is 4.39 Å². The molecule has 1 amide bonds. The van der Waals surface area contributed by atoms with Gasteiger partial charge in [0.1, 0.15) is 11.6 Å². The van der Waals surface area contributed by atoms with Crippen LogP contribution in [-0.2, 0) is 14.6 Å². The molecule has 1 aromatic carbocycles. The molecule has 1 saturated heterocycles. The van der Waals surface area contributed by atoms with E-state index in [9.17, 15) is 17.6 Å². The Bertz CT molecular complexity index is 588. The van der Waals surface area contributed by atoms with E-state index in [-0.39, 0.29) is 35.7 Å². The second-order valence-corrected chi connectivity index (χ2v) is 7.05. The second kappa shape index (κ2) is 6.21. The number of hydrogen-bond donors (Lipinski definition) is 1. The van der Waals surface area contributed by atoms with Gasteiger partial charge < -0.3 is 10.1 Å². The molecule has 1 atom stereocenters. The molecule has 20 heavy (non-hydrogen) atoms. The third-order valence-corrected chi connectivity index (χ3v) is 4.92. The molecule has 1 heterocycles. The van der Waals surface area contributed by atoms with Crippen LogP contribution in [0.5, 0.6) is 5.75 Å². The first-order valence-corrected chi connectivity index (χ1v) is 8.12. The van der Waals surface area contributed by atoms with Crippen molar-refractivity contribution >= 4 is 15.7 Å². The Kier molecular flexibility index (Phi) is 4.59. The van der Waals surface area contributed by atoms with Gasteiger partial charge in [0.25, 0.3) is 5.91 Å². The van der Waals surface area contributed by atoms with E-state index in [1.54, 1.807) is 6.07 Å². The highest BCUT2D eigenvalue weighted by molar-refractivity contribution is 7.91. The maximum Gasteiger partial charge on any atom is 0.257 e. The molecular weight excluding hydrogens is 285 g/mol. The topological polar surface area (TPSA) is 72.5 Å². The van der Waals surface area contributed by atoms with E-state index in [2.05, 4.69) is 5.32 Å². The summed E-state index contributed by atoms with van der Waals surface area (Å²) in [6.45, 7) is 0.105. The molecular formula is C13H16FNO4S. The molecule has 0 aromatic heterocycles. The molecule has 2 rings (SSSR count). The molecule has 1 unspecified atom stereocenters. The van der Waals surface area contributed by atoms with Crippen LogP contribution in [0, 0.1) is 11.7 Å². The predicted octanol–water partition coefficient (Wildman–Crippen LogP) is 0.755. The average Bonchev–Trinajstić information content (AvgIpc) is 2.74. The summed E-state index contributed by atoms with van der Waals surface area (Å²) in [7, 11) is -2.93. The lowest BCUT2D eigenvalue weighted by Gasteiger charge is -2.10. The lowest BCUT2D eigenvalue weighted by molar-refractivity contribution is -0.123. The van der Waals surface area contributed by atoms with E-state index in [0.29, 0.717) is 13.0 Å². The zero-order valence-electron chi connectivity index (χ0n) is 10.8. The van der Waals surface area contributed by atoms with Crippen LogP contribution in [0.25, 0.3) is 0 Å². The highest BCUT2D eigenvalue weighted by Gasteiger charge is 2.27. The van der Waals surface area contributed by atoms with E-state index < -0.39 is 15.7 Å². The number of halogens is 1. The lowest BCUT2D eigenvalue weighted by Crippen LogP contribution is -2.33. The number of benzene rings is 1. The highest BCUT2D eigenvalue weighted by atomic mass is 32.2. The Labute approximate surface area is 117 Å². The van der Waals surface area contributed by atoms with Crippen LogP contribution in [0.15, 0.2) is 24.3 Å². The van der Waals surface area contributed by atoms with Crippen molar-refractivity contribution in [3.05, 3.63) is 30.1 Å². The van der Waals surface area contributed by atoms with Crippen LogP contribution in [0.2, 0.25) is 0 Å². The van der Waals surface area contributed by atoms with Gasteiger partial charge in [0.15, 0.2) is 16.4 Å². The molecule has 1 N–H and O–H groups in total. The fourth-order valence-corrected chi connectivity index (χ4v) is 3.91. The van der Waals surface area contributed by atoms with Gasteiger partial charge >= 0.3 is 0 Å². The Balaban J connectivity index is 1.71. The Morgan fingerprint density at radius 3 is 2.90 bits per heavy atom. The van der Waals surface area contributed by atoms with Gasteiger partial charge in [-0.25, -0.2) is 12.8 Å². The normalized spacial score (nSPS) is 20.6. The third-order valence-electron chi connectivity index (χ3n) is 3.08. The van der Waals surface area contributed by atoms with Gasteiger partial charge in [0, 0.05) is 12.6 Å². The van der Waals surface area contributed by atoms with Crippen molar-refractivity contribution < 1.29 is 22.3 Å². The minimum atomic E-state index is -2.93. The van der Waals surface area contributed by atoms with Crippen molar-refractivity contribution in [2.45, 2.75) is 6.42 Å². The van der Waals surface area contributed by atoms with E-state index in [1.807, 2.05) is 0 Å². The van der Waals surface area contributed by atoms with Gasteiger partial charge in [-0.1, -0.05) is 6.07 Å². The molecule has 7 heteroatoms. The number of nitrogens with one attached hydrogen (secondary N) is 1. The van der Waals surface area contributed by atoms with Crippen LogP contribution in [0.1, 0.15) is 6.42 Å². The van der Waals surface area contributed by atoms with E-state index >= 15 is 0 Å². The van der Waals surface area contributed by atoms with Gasteiger partial charge in [-0.05, 0) is 24.5 Å².